The van der Waals surface area contributed by atoms with Crippen molar-refractivity contribution >= 4 is 0 Å². The van der Waals surface area contributed by atoms with E-state index in [1.807, 2.05) is 0 Å². The highest BCUT2D eigenvalue weighted by Crippen LogP contribution is 2.37. The van der Waals surface area contributed by atoms with Gasteiger partial charge in [-0.25, -0.2) is 4.39 Å². The molecule has 0 radical (unpaired) electrons. The molecule has 0 N–H and O–H groups in total. The van der Waals surface area contributed by atoms with E-state index in [-0.39, 0.29) is 24.0 Å². The van der Waals surface area contributed by atoms with Crippen LogP contribution in [0.15, 0.2) is 18.2 Å². The molecule has 1 heterocycles. The Morgan fingerprint density at radius 3 is 2.58 bits per heavy atom. The first-order chi connectivity index (χ1) is 8.91. The second kappa shape index (κ2) is 5.34. The molecule has 0 bridgehead atoms. The van der Waals surface area contributed by atoms with Gasteiger partial charge in [-0.1, -0.05) is 6.07 Å². The van der Waals surface area contributed by atoms with E-state index in [9.17, 15) is 17.6 Å². The fraction of sp³-hybridized carbons (Fsp3) is 0.500. The molecule has 0 saturated carbocycles. The lowest BCUT2D eigenvalue weighted by Gasteiger charge is -2.21. The molecule has 7 heteroatoms. The van der Waals surface area contributed by atoms with Gasteiger partial charge in [0.15, 0.2) is 17.7 Å². The van der Waals surface area contributed by atoms with Gasteiger partial charge in [-0.2, -0.15) is 13.2 Å². The van der Waals surface area contributed by atoms with Crippen molar-refractivity contribution in [2.24, 2.45) is 0 Å². The van der Waals surface area contributed by atoms with Gasteiger partial charge in [0.25, 0.3) is 0 Å². The van der Waals surface area contributed by atoms with Crippen LogP contribution in [0, 0.1) is 5.82 Å². The van der Waals surface area contributed by atoms with Gasteiger partial charge in [-0.15, -0.1) is 0 Å². The lowest BCUT2D eigenvalue weighted by atomic mass is 10.1. The molecule has 0 aromatic heterocycles. The topological polar surface area (TPSA) is 31.0 Å². The molecule has 106 valence electrons. The number of halogens is 4. The van der Waals surface area contributed by atoms with Crippen LogP contribution < -0.4 is 4.74 Å². The zero-order valence-corrected chi connectivity index (χ0v) is 10.0. The largest absolute Gasteiger partial charge is 0.494 e. The molecule has 0 amide bonds. The highest BCUT2D eigenvalue weighted by Gasteiger charge is 2.43. The third kappa shape index (κ3) is 3.57. The van der Waals surface area contributed by atoms with Gasteiger partial charge < -0.3 is 14.2 Å². The van der Waals surface area contributed by atoms with Crippen molar-refractivity contribution in [2.75, 3.05) is 20.3 Å². The number of benzene rings is 1. The summed E-state index contributed by atoms with van der Waals surface area (Å²) in [7, 11) is 1.24. The predicted octanol–water partition coefficient (Wildman–Crippen LogP) is 2.85. The summed E-state index contributed by atoms with van der Waals surface area (Å²) in [4.78, 5) is 0. The van der Waals surface area contributed by atoms with Crippen LogP contribution in [-0.4, -0.2) is 32.6 Å². The minimum atomic E-state index is -4.62. The van der Waals surface area contributed by atoms with Crippen molar-refractivity contribution in [2.45, 2.75) is 18.4 Å². The van der Waals surface area contributed by atoms with Gasteiger partial charge >= 0.3 is 6.18 Å². The maximum absolute atomic E-state index is 13.4. The fourth-order valence-electron chi connectivity index (χ4n) is 1.59. The molecular weight excluding hydrogens is 268 g/mol. The van der Waals surface area contributed by atoms with Crippen LogP contribution in [0.5, 0.6) is 5.75 Å². The summed E-state index contributed by atoms with van der Waals surface area (Å²) < 4.78 is 66.3. The van der Waals surface area contributed by atoms with Gasteiger partial charge in [-0.05, 0) is 17.7 Å². The van der Waals surface area contributed by atoms with Crippen LogP contribution in [0.2, 0.25) is 0 Å². The third-order valence-electron chi connectivity index (χ3n) is 2.63. The maximum Gasteiger partial charge on any atom is 0.418 e. The second-order valence-electron chi connectivity index (χ2n) is 4.10. The summed E-state index contributed by atoms with van der Waals surface area (Å²) in [5, 5.41) is 0. The van der Waals surface area contributed by atoms with Crippen molar-refractivity contribution in [3.8, 4) is 5.75 Å². The summed E-state index contributed by atoms with van der Waals surface area (Å²) in [6.45, 7) is 0.222. The molecule has 1 aromatic rings. The standard InChI is InChI=1S/C12H12F4O3/c1-17-10-3-2-7(4-9(10)13)11(12(14,15)16)19-6-8-5-18-8/h2-4,8,11H,5-6H2,1H3. The number of ether oxygens (including phenoxy) is 3. The van der Waals surface area contributed by atoms with Crippen LogP contribution >= 0.6 is 0 Å². The first kappa shape index (κ1) is 14.1. The number of hydrogen-bond donors (Lipinski definition) is 0. The predicted molar refractivity (Wildman–Crippen MR) is 57.4 cm³/mol. The van der Waals surface area contributed by atoms with Crippen molar-refractivity contribution < 1.29 is 31.8 Å². The zero-order valence-electron chi connectivity index (χ0n) is 10.0. The molecule has 1 aromatic carbocycles. The monoisotopic (exact) mass is 280 g/mol. The Labute approximate surface area is 107 Å². The second-order valence-corrected chi connectivity index (χ2v) is 4.10. The lowest BCUT2D eigenvalue weighted by Crippen LogP contribution is -2.25. The summed E-state index contributed by atoms with van der Waals surface area (Å²) in [5.74, 6) is -0.976. The van der Waals surface area contributed by atoms with Crippen LogP contribution in [0.25, 0.3) is 0 Å². The Kier molecular flexibility index (Phi) is 3.96. The van der Waals surface area contributed by atoms with Crippen molar-refractivity contribution in [1.82, 2.24) is 0 Å². The first-order valence-electron chi connectivity index (χ1n) is 5.55. The number of epoxide rings is 1. The Bertz CT molecular complexity index is 443. The Morgan fingerprint density at radius 1 is 1.42 bits per heavy atom. The summed E-state index contributed by atoms with van der Waals surface area (Å²) >= 11 is 0. The summed E-state index contributed by atoms with van der Waals surface area (Å²) in [6.07, 6.45) is -7.08. The van der Waals surface area contributed by atoms with E-state index in [0.29, 0.717) is 6.61 Å². The van der Waals surface area contributed by atoms with Gasteiger partial charge in [0.05, 0.1) is 20.3 Å². The molecule has 1 saturated heterocycles. The van der Waals surface area contributed by atoms with E-state index in [4.69, 9.17) is 9.47 Å². The van der Waals surface area contributed by atoms with Crippen molar-refractivity contribution in [3.63, 3.8) is 0 Å². The summed E-state index contributed by atoms with van der Waals surface area (Å²) in [6, 6.07) is 3.04. The van der Waals surface area contributed by atoms with Gasteiger partial charge in [0.2, 0.25) is 0 Å². The SMILES string of the molecule is COc1ccc(C(OCC2CO2)C(F)(F)F)cc1F. The van der Waals surface area contributed by atoms with E-state index < -0.39 is 18.1 Å². The molecule has 2 rings (SSSR count). The van der Waals surface area contributed by atoms with E-state index in [2.05, 4.69) is 4.74 Å². The molecule has 0 aliphatic carbocycles. The molecule has 1 aliphatic heterocycles. The number of alkyl halides is 3. The molecule has 1 fully saturated rings. The van der Waals surface area contributed by atoms with E-state index in [0.717, 1.165) is 18.2 Å². The lowest BCUT2D eigenvalue weighted by molar-refractivity contribution is -0.224. The fourth-order valence-corrected chi connectivity index (χ4v) is 1.59. The minimum absolute atomic E-state index is 0.116. The minimum Gasteiger partial charge on any atom is -0.494 e. The van der Waals surface area contributed by atoms with Crippen molar-refractivity contribution in [1.29, 1.82) is 0 Å². The summed E-state index contributed by atoms with van der Waals surface area (Å²) in [5.41, 5.74) is -0.300. The molecule has 2 atom stereocenters. The van der Waals surface area contributed by atoms with Gasteiger partial charge in [0, 0.05) is 0 Å². The molecule has 19 heavy (non-hydrogen) atoms. The number of rotatable bonds is 5. The Hall–Kier alpha value is -1.34. The molecule has 3 nitrogen and oxygen atoms in total. The maximum atomic E-state index is 13.4. The molecule has 1 aliphatic rings. The number of methoxy groups -OCH3 is 1. The zero-order chi connectivity index (χ0) is 14.0. The highest BCUT2D eigenvalue weighted by atomic mass is 19.4. The van der Waals surface area contributed by atoms with Crippen LogP contribution in [-0.2, 0) is 9.47 Å². The Morgan fingerprint density at radius 2 is 2.11 bits per heavy atom. The van der Waals surface area contributed by atoms with Gasteiger partial charge in [0.1, 0.15) is 6.10 Å². The van der Waals surface area contributed by atoms with Crippen LogP contribution in [0.1, 0.15) is 11.7 Å². The average Bonchev–Trinajstić information content (AvgIpc) is 3.12. The molecule has 0 spiro atoms. The van der Waals surface area contributed by atoms with Crippen molar-refractivity contribution in [3.05, 3.63) is 29.6 Å². The third-order valence-corrected chi connectivity index (χ3v) is 2.63. The van der Waals surface area contributed by atoms with E-state index in [1.165, 1.54) is 7.11 Å². The van der Waals surface area contributed by atoms with Crippen LogP contribution in [0.3, 0.4) is 0 Å². The smallest absolute Gasteiger partial charge is 0.418 e. The normalized spacial score (nSPS) is 20.2. The van der Waals surface area contributed by atoms with Gasteiger partial charge in [-0.3, -0.25) is 0 Å². The highest BCUT2D eigenvalue weighted by molar-refractivity contribution is 5.31. The van der Waals surface area contributed by atoms with Crippen LogP contribution in [0.4, 0.5) is 17.6 Å². The average molecular weight is 280 g/mol. The molecule has 2 unspecified atom stereocenters. The first-order valence-corrected chi connectivity index (χ1v) is 5.55. The van der Waals surface area contributed by atoms with E-state index in [1.54, 1.807) is 0 Å². The Balaban J connectivity index is 2.18. The quantitative estimate of drug-likeness (QED) is 0.614. The van der Waals surface area contributed by atoms with E-state index >= 15 is 0 Å². The number of hydrogen-bond acceptors (Lipinski definition) is 3. The molecular formula is C12H12F4O3.